The van der Waals surface area contributed by atoms with E-state index in [4.69, 9.17) is 4.99 Å². The molecular weight excluding hydrogens is 568 g/mol. The van der Waals surface area contributed by atoms with Crippen LogP contribution in [0.2, 0.25) is 0 Å². The smallest absolute Gasteiger partial charge is 0.263 e. The van der Waals surface area contributed by atoms with Crippen molar-refractivity contribution in [1.29, 1.82) is 0 Å². The molecule has 0 unspecified atom stereocenters. The standard InChI is InChI=1S/C35H46N6O4/c42-32-25-10-11-26-30-29(25)27(34(44)40(32)22-20-38-15-6-2-7-16-38)24-28(36-12-19-37-13-4-1-5-14-37)31(30)35(45)41(33(26)43)23-21-39-17-8-3-9-18-39/h10-11,24,43H,1-9,12-23H2. The lowest BCUT2D eigenvalue weighted by Gasteiger charge is -2.27. The number of hydrogen-bond donors (Lipinski definition) is 1. The van der Waals surface area contributed by atoms with Crippen molar-refractivity contribution < 1.29 is 5.11 Å². The Morgan fingerprint density at radius 3 is 1.71 bits per heavy atom. The molecule has 2 aromatic rings. The van der Waals surface area contributed by atoms with Crippen molar-refractivity contribution in [1.82, 2.24) is 23.8 Å². The summed E-state index contributed by atoms with van der Waals surface area (Å²) in [5.74, 6) is -0.111. The third-order valence-electron chi connectivity index (χ3n) is 10.5. The first-order valence-corrected chi connectivity index (χ1v) is 17.2. The Kier molecular flexibility index (Phi) is 8.88. The van der Waals surface area contributed by atoms with Crippen molar-refractivity contribution in [2.45, 2.75) is 70.9 Å². The zero-order valence-electron chi connectivity index (χ0n) is 26.4. The van der Waals surface area contributed by atoms with Gasteiger partial charge < -0.3 is 19.8 Å². The van der Waals surface area contributed by atoms with Crippen LogP contribution < -0.4 is 22.0 Å². The minimum atomic E-state index is -0.347. The number of aromatic nitrogens is 2. The molecule has 4 aliphatic heterocycles. The summed E-state index contributed by atoms with van der Waals surface area (Å²) in [6, 6.07) is 5.21. The summed E-state index contributed by atoms with van der Waals surface area (Å²) >= 11 is 0. The SMILES string of the molecule is O=c1c2c(=NCCN3CCCCC3)cc3c(=O)n(CCN4CCCCC4)c(=O)c4ccc(c(O)n1CCN1CCCCC1)c2c4-3. The van der Waals surface area contributed by atoms with Crippen LogP contribution in [0.15, 0.2) is 37.6 Å². The van der Waals surface area contributed by atoms with E-state index in [-0.39, 0.29) is 22.6 Å². The van der Waals surface area contributed by atoms with Crippen molar-refractivity contribution in [2.75, 3.05) is 65.4 Å². The minimum absolute atomic E-state index is 0.111. The van der Waals surface area contributed by atoms with E-state index in [2.05, 4.69) is 14.7 Å². The van der Waals surface area contributed by atoms with Crippen LogP contribution in [0.25, 0.3) is 32.7 Å². The normalized spacial score (nSPS) is 19.9. The Hall–Kier alpha value is -3.34. The predicted molar refractivity (Wildman–Crippen MR) is 178 cm³/mol. The largest absolute Gasteiger partial charge is 0.494 e. The van der Waals surface area contributed by atoms with Gasteiger partial charge in [-0.3, -0.25) is 28.5 Å². The first-order chi connectivity index (χ1) is 22.0. The maximum atomic E-state index is 14.3. The van der Waals surface area contributed by atoms with Crippen LogP contribution in [0, 0.1) is 0 Å². The van der Waals surface area contributed by atoms with Crippen molar-refractivity contribution in [3.8, 4) is 17.0 Å². The van der Waals surface area contributed by atoms with Crippen LogP contribution in [-0.2, 0) is 13.1 Å². The first kappa shape index (κ1) is 30.3. The summed E-state index contributed by atoms with van der Waals surface area (Å²) < 4.78 is 2.83. The van der Waals surface area contributed by atoms with Gasteiger partial charge in [0.05, 0.1) is 22.9 Å². The van der Waals surface area contributed by atoms with Gasteiger partial charge in [0.2, 0.25) is 5.88 Å². The second-order valence-electron chi connectivity index (χ2n) is 13.4. The summed E-state index contributed by atoms with van der Waals surface area (Å²) in [5.41, 5.74) is -0.138. The van der Waals surface area contributed by atoms with Crippen molar-refractivity contribution in [3.63, 3.8) is 0 Å². The molecule has 10 heteroatoms. The molecule has 0 spiro atoms. The summed E-state index contributed by atoms with van der Waals surface area (Å²) in [6.45, 7) is 9.39. The molecule has 5 heterocycles. The average Bonchev–Trinajstić information content (AvgIpc) is 3.07. The molecule has 0 saturated carbocycles. The summed E-state index contributed by atoms with van der Waals surface area (Å²) in [5, 5.41) is 13.8. The molecule has 3 fully saturated rings. The van der Waals surface area contributed by atoms with Crippen molar-refractivity contribution >= 4 is 21.5 Å². The lowest BCUT2D eigenvalue weighted by Crippen LogP contribution is -2.41. The highest BCUT2D eigenvalue weighted by Crippen LogP contribution is 2.36. The first-order valence-electron chi connectivity index (χ1n) is 17.2. The van der Waals surface area contributed by atoms with Crippen molar-refractivity contribution in [3.05, 3.63) is 54.6 Å². The van der Waals surface area contributed by atoms with Crippen LogP contribution in [0.5, 0.6) is 5.88 Å². The number of pyridine rings is 2. The lowest BCUT2D eigenvalue weighted by atomic mass is 9.90. The average molecular weight is 615 g/mol. The molecule has 45 heavy (non-hydrogen) atoms. The highest BCUT2D eigenvalue weighted by atomic mass is 16.3. The highest BCUT2D eigenvalue weighted by molar-refractivity contribution is 6.15. The molecule has 10 nitrogen and oxygen atoms in total. The van der Waals surface area contributed by atoms with E-state index in [1.807, 2.05) is 0 Å². The molecule has 1 N–H and O–H groups in total. The molecule has 0 bridgehead atoms. The van der Waals surface area contributed by atoms with Gasteiger partial charge >= 0.3 is 0 Å². The molecule has 0 radical (unpaired) electrons. The van der Waals surface area contributed by atoms with Gasteiger partial charge in [0.25, 0.3) is 16.7 Å². The molecule has 240 valence electrons. The number of piperidine rings is 3. The zero-order chi connectivity index (χ0) is 30.9. The van der Waals surface area contributed by atoms with Crippen LogP contribution >= 0.6 is 0 Å². The van der Waals surface area contributed by atoms with Gasteiger partial charge in [-0.1, -0.05) is 19.3 Å². The Bertz CT molecular complexity index is 1850. The second kappa shape index (κ2) is 13.2. The third kappa shape index (κ3) is 5.88. The minimum Gasteiger partial charge on any atom is -0.494 e. The van der Waals surface area contributed by atoms with E-state index < -0.39 is 0 Å². The van der Waals surface area contributed by atoms with Gasteiger partial charge in [-0.25, -0.2) is 0 Å². The molecule has 0 atom stereocenters. The van der Waals surface area contributed by atoms with Gasteiger partial charge in [0, 0.05) is 54.4 Å². The molecule has 7 rings (SSSR count). The molecule has 0 amide bonds. The summed E-state index contributed by atoms with van der Waals surface area (Å²) in [6.07, 6.45) is 10.7. The number of rotatable bonds is 9. The van der Waals surface area contributed by atoms with E-state index in [0.29, 0.717) is 70.8 Å². The van der Waals surface area contributed by atoms with E-state index in [9.17, 15) is 19.5 Å². The highest BCUT2D eigenvalue weighted by Gasteiger charge is 2.27. The van der Waals surface area contributed by atoms with Gasteiger partial charge in [0.1, 0.15) is 0 Å². The molecule has 1 aromatic carbocycles. The van der Waals surface area contributed by atoms with Gasteiger partial charge in [-0.2, -0.15) is 0 Å². The number of benzene rings is 2. The fraction of sp³-hybridized carbons (Fsp3) is 0.600. The third-order valence-corrected chi connectivity index (χ3v) is 10.5. The van der Waals surface area contributed by atoms with Gasteiger partial charge in [0.15, 0.2) is 0 Å². The van der Waals surface area contributed by atoms with Gasteiger partial charge in [-0.05, 0) is 96.0 Å². The van der Waals surface area contributed by atoms with Crippen molar-refractivity contribution in [2.24, 2.45) is 4.99 Å². The van der Waals surface area contributed by atoms with E-state index in [0.717, 1.165) is 71.5 Å². The second-order valence-corrected chi connectivity index (χ2v) is 13.4. The summed E-state index contributed by atoms with van der Waals surface area (Å²) in [7, 11) is 0. The number of hydrogen-bond acceptors (Lipinski definition) is 8. The van der Waals surface area contributed by atoms with Crippen LogP contribution in [-0.4, -0.2) is 94.4 Å². The fourth-order valence-electron chi connectivity index (χ4n) is 7.94. The lowest BCUT2D eigenvalue weighted by molar-refractivity contribution is 0.217. The van der Waals surface area contributed by atoms with Gasteiger partial charge in [-0.15, -0.1) is 0 Å². The van der Waals surface area contributed by atoms with E-state index >= 15 is 0 Å². The Labute approximate surface area is 263 Å². The monoisotopic (exact) mass is 614 g/mol. The predicted octanol–water partition coefficient (Wildman–Crippen LogP) is 2.72. The van der Waals surface area contributed by atoms with Crippen LogP contribution in [0.1, 0.15) is 57.8 Å². The quantitative estimate of drug-likeness (QED) is 0.289. The molecule has 3 saturated heterocycles. The number of likely N-dealkylation sites (tertiary alicyclic amines) is 3. The topological polar surface area (TPSA) is 103 Å². The fourth-order valence-corrected chi connectivity index (χ4v) is 7.94. The molecule has 1 aliphatic carbocycles. The van der Waals surface area contributed by atoms with E-state index in [1.54, 1.807) is 18.2 Å². The number of aromatic hydroxyl groups is 1. The maximum absolute atomic E-state index is 14.3. The Morgan fingerprint density at radius 1 is 0.578 bits per heavy atom. The van der Waals surface area contributed by atoms with Crippen LogP contribution in [0.4, 0.5) is 0 Å². The van der Waals surface area contributed by atoms with E-state index in [1.165, 1.54) is 41.2 Å². The van der Waals surface area contributed by atoms with Crippen LogP contribution in [0.3, 0.4) is 0 Å². The number of nitrogens with zero attached hydrogens (tertiary/aromatic N) is 6. The summed E-state index contributed by atoms with van der Waals surface area (Å²) in [4.78, 5) is 54.2. The maximum Gasteiger partial charge on any atom is 0.263 e. The Balaban J connectivity index is 1.37. The molecule has 5 aliphatic rings. The zero-order valence-corrected chi connectivity index (χ0v) is 26.4. The Morgan fingerprint density at radius 2 is 1.11 bits per heavy atom. The molecule has 1 aromatic heterocycles. The molecular formula is C35H46N6O4.